The van der Waals surface area contributed by atoms with E-state index in [1.54, 1.807) is 18.4 Å². The zero-order valence-corrected chi connectivity index (χ0v) is 12.3. The largest absolute Gasteiger partial charge is 0.497 e. The highest BCUT2D eigenvalue weighted by Crippen LogP contribution is 2.37. The summed E-state index contributed by atoms with van der Waals surface area (Å²) >= 11 is 1.59. The smallest absolute Gasteiger partial charge is 0.170 e. The first kappa shape index (κ1) is 13.2. The number of anilines is 1. The molecular weight excluding hydrogens is 270 g/mol. The molecule has 1 aromatic heterocycles. The number of nitrogens with two attached hydrogens (primary N) is 1. The molecule has 1 heterocycles. The number of rotatable bonds is 4. The molecule has 2 N–H and O–H groups in total. The fourth-order valence-electron chi connectivity index (χ4n) is 2.75. The number of fused-ring (bicyclic) bond motifs is 1. The minimum atomic E-state index is 0.132. The molecule has 0 amide bonds. The highest BCUT2D eigenvalue weighted by Gasteiger charge is 2.25. The number of benzene rings is 1. The van der Waals surface area contributed by atoms with Crippen LogP contribution < -0.4 is 10.5 Å². The van der Waals surface area contributed by atoms with E-state index < -0.39 is 0 Å². The van der Waals surface area contributed by atoms with Gasteiger partial charge in [-0.3, -0.25) is 4.79 Å². The van der Waals surface area contributed by atoms with Crippen molar-refractivity contribution in [1.82, 2.24) is 0 Å². The quantitative estimate of drug-likeness (QED) is 0.878. The molecule has 0 aliphatic heterocycles. The van der Waals surface area contributed by atoms with Gasteiger partial charge in [-0.15, -0.1) is 11.3 Å². The lowest BCUT2D eigenvalue weighted by Crippen LogP contribution is -2.07. The zero-order chi connectivity index (χ0) is 14.1. The number of methoxy groups -OCH3 is 1. The fraction of sp³-hybridized carbons (Fsp3) is 0.312. The van der Waals surface area contributed by atoms with Gasteiger partial charge in [-0.2, -0.15) is 0 Å². The molecule has 3 nitrogen and oxygen atoms in total. The number of aryl methyl sites for hydroxylation is 1. The Bertz CT molecular complexity index is 643. The lowest BCUT2D eigenvalue weighted by Gasteiger charge is -2.05. The normalized spacial score (nSPS) is 13.2. The molecule has 0 unspecified atom stereocenters. The van der Waals surface area contributed by atoms with Gasteiger partial charge >= 0.3 is 0 Å². The van der Waals surface area contributed by atoms with Gasteiger partial charge in [0.25, 0.3) is 0 Å². The number of thiophene rings is 1. The van der Waals surface area contributed by atoms with Crippen LogP contribution in [0.5, 0.6) is 5.75 Å². The molecule has 1 aliphatic carbocycles. The van der Waals surface area contributed by atoms with Crippen LogP contribution in [0.4, 0.5) is 5.00 Å². The summed E-state index contributed by atoms with van der Waals surface area (Å²) in [5, 5.41) is 0.688. The van der Waals surface area contributed by atoms with Gasteiger partial charge in [0.1, 0.15) is 5.75 Å². The number of carbonyl (C=O) groups excluding carboxylic acids is 1. The Hall–Kier alpha value is -1.81. The minimum Gasteiger partial charge on any atom is -0.497 e. The number of nitrogen functional groups attached to an aromatic ring is 1. The monoisotopic (exact) mass is 287 g/mol. The Balaban J connectivity index is 1.82. The second-order valence-corrected chi connectivity index (χ2v) is 6.18. The van der Waals surface area contributed by atoms with Crippen molar-refractivity contribution < 1.29 is 9.53 Å². The van der Waals surface area contributed by atoms with Crippen LogP contribution in [-0.2, 0) is 19.3 Å². The second kappa shape index (κ2) is 5.29. The molecule has 0 atom stereocenters. The Labute approximate surface area is 122 Å². The number of hydrogen-bond donors (Lipinski definition) is 1. The number of ether oxygens (including phenoxy) is 1. The van der Waals surface area contributed by atoms with Crippen molar-refractivity contribution in [3.8, 4) is 5.75 Å². The van der Waals surface area contributed by atoms with Crippen LogP contribution in [-0.4, -0.2) is 12.9 Å². The molecule has 4 heteroatoms. The Morgan fingerprint density at radius 2 is 2.05 bits per heavy atom. The summed E-state index contributed by atoms with van der Waals surface area (Å²) < 4.78 is 5.12. The molecule has 1 aliphatic rings. The van der Waals surface area contributed by atoms with Crippen LogP contribution >= 0.6 is 11.3 Å². The fourth-order valence-corrected chi connectivity index (χ4v) is 3.93. The maximum absolute atomic E-state index is 12.5. The third-order valence-corrected chi connectivity index (χ3v) is 4.87. The lowest BCUT2D eigenvalue weighted by molar-refractivity contribution is 0.0993. The molecule has 3 rings (SSSR count). The summed E-state index contributed by atoms with van der Waals surface area (Å²) in [6, 6.07) is 7.62. The van der Waals surface area contributed by atoms with Gasteiger partial charge in [-0.1, -0.05) is 12.1 Å². The van der Waals surface area contributed by atoms with Crippen LogP contribution in [0.3, 0.4) is 0 Å². The Morgan fingerprint density at radius 3 is 2.75 bits per heavy atom. The van der Waals surface area contributed by atoms with Crippen molar-refractivity contribution in [3.63, 3.8) is 0 Å². The zero-order valence-electron chi connectivity index (χ0n) is 11.4. The van der Waals surface area contributed by atoms with Crippen LogP contribution in [0.1, 0.15) is 32.8 Å². The van der Waals surface area contributed by atoms with Gasteiger partial charge in [0.05, 0.1) is 17.7 Å². The molecule has 1 aromatic carbocycles. The highest BCUT2D eigenvalue weighted by atomic mass is 32.1. The second-order valence-electron chi connectivity index (χ2n) is 5.04. The number of ketones is 1. The number of carbonyl (C=O) groups is 1. The highest BCUT2D eigenvalue weighted by molar-refractivity contribution is 7.16. The summed E-state index contributed by atoms with van der Waals surface area (Å²) in [5.41, 5.74) is 9.00. The van der Waals surface area contributed by atoms with Gasteiger partial charge in [-0.25, -0.2) is 0 Å². The predicted molar refractivity (Wildman–Crippen MR) is 81.8 cm³/mol. The molecule has 2 aromatic rings. The van der Waals surface area contributed by atoms with Crippen molar-refractivity contribution in [2.24, 2.45) is 0 Å². The summed E-state index contributed by atoms with van der Waals surface area (Å²) in [6.45, 7) is 0. The average molecular weight is 287 g/mol. The first-order valence-electron chi connectivity index (χ1n) is 6.75. The SMILES string of the molecule is COc1ccc(CC(=O)c2c(N)sc3c2CCC3)cc1. The van der Waals surface area contributed by atoms with Crippen molar-refractivity contribution >= 4 is 22.1 Å². The summed E-state index contributed by atoms with van der Waals surface area (Å²) in [5.74, 6) is 0.934. The summed E-state index contributed by atoms with van der Waals surface area (Å²) in [4.78, 5) is 13.8. The van der Waals surface area contributed by atoms with Crippen LogP contribution in [0.25, 0.3) is 0 Å². The molecule has 0 saturated heterocycles. The van der Waals surface area contributed by atoms with Gasteiger partial charge in [-0.05, 0) is 42.5 Å². The topological polar surface area (TPSA) is 52.3 Å². The van der Waals surface area contributed by atoms with E-state index in [0.717, 1.165) is 36.1 Å². The molecule has 0 bridgehead atoms. The molecule has 20 heavy (non-hydrogen) atoms. The summed E-state index contributed by atoms with van der Waals surface area (Å²) in [7, 11) is 1.63. The van der Waals surface area contributed by atoms with Crippen LogP contribution in [0, 0.1) is 0 Å². The van der Waals surface area contributed by atoms with Crippen molar-refractivity contribution in [3.05, 3.63) is 45.8 Å². The first-order chi connectivity index (χ1) is 9.69. The number of Topliss-reactive ketones (excluding diaryl/α,β-unsaturated/α-hetero) is 1. The standard InChI is InChI=1S/C16H17NO2S/c1-19-11-7-5-10(6-8-11)9-13(18)15-12-3-2-4-14(12)20-16(15)17/h5-8H,2-4,9,17H2,1H3. The molecule has 0 fully saturated rings. The van der Waals surface area contributed by atoms with Crippen LogP contribution in [0.15, 0.2) is 24.3 Å². The lowest BCUT2D eigenvalue weighted by atomic mass is 10.0. The predicted octanol–water partition coefficient (Wildman–Crippen LogP) is 3.25. The van der Waals surface area contributed by atoms with E-state index in [1.165, 1.54) is 10.4 Å². The maximum atomic E-state index is 12.5. The van der Waals surface area contributed by atoms with Gasteiger partial charge < -0.3 is 10.5 Å². The minimum absolute atomic E-state index is 0.132. The van der Waals surface area contributed by atoms with E-state index >= 15 is 0 Å². The van der Waals surface area contributed by atoms with Crippen molar-refractivity contribution in [2.75, 3.05) is 12.8 Å². The van der Waals surface area contributed by atoms with Crippen LogP contribution in [0.2, 0.25) is 0 Å². The molecule has 0 saturated carbocycles. The van der Waals surface area contributed by atoms with E-state index in [1.807, 2.05) is 24.3 Å². The molecule has 0 radical (unpaired) electrons. The van der Waals surface area contributed by atoms with Crippen molar-refractivity contribution in [2.45, 2.75) is 25.7 Å². The average Bonchev–Trinajstić information content (AvgIpc) is 2.99. The Morgan fingerprint density at radius 1 is 1.30 bits per heavy atom. The maximum Gasteiger partial charge on any atom is 0.170 e. The Kier molecular flexibility index (Phi) is 3.49. The van der Waals surface area contributed by atoms with E-state index in [9.17, 15) is 4.79 Å². The van der Waals surface area contributed by atoms with Gasteiger partial charge in [0, 0.05) is 11.3 Å². The van der Waals surface area contributed by atoms with E-state index in [4.69, 9.17) is 10.5 Å². The van der Waals surface area contributed by atoms with E-state index in [0.29, 0.717) is 11.4 Å². The molecular formula is C16H17NO2S. The van der Waals surface area contributed by atoms with Crippen molar-refractivity contribution in [1.29, 1.82) is 0 Å². The van der Waals surface area contributed by atoms with E-state index in [2.05, 4.69) is 0 Å². The first-order valence-corrected chi connectivity index (χ1v) is 7.57. The van der Waals surface area contributed by atoms with Gasteiger partial charge in [0.15, 0.2) is 5.78 Å². The third kappa shape index (κ3) is 2.31. The third-order valence-electron chi connectivity index (χ3n) is 3.75. The summed E-state index contributed by atoms with van der Waals surface area (Å²) in [6.07, 6.45) is 3.61. The molecule has 0 spiro atoms. The number of hydrogen-bond acceptors (Lipinski definition) is 4. The molecule has 104 valence electrons. The van der Waals surface area contributed by atoms with E-state index in [-0.39, 0.29) is 5.78 Å². The van der Waals surface area contributed by atoms with Gasteiger partial charge in [0.2, 0.25) is 0 Å².